The Labute approximate surface area is 229 Å². The minimum Gasteiger partial charge on any atom is -0.467 e. The second kappa shape index (κ2) is 12.1. The quantitative estimate of drug-likeness (QED) is 0.376. The van der Waals surface area contributed by atoms with Crippen molar-refractivity contribution in [1.82, 2.24) is 14.7 Å². The number of esters is 1. The van der Waals surface area contributed by atoms with E-state index in [9.17, 15) is 27.9 Å². The Hall–Kier alpha value is -3.90. The largest absolute Gasteiger partial charge is 0.467 e. The Morgan fingerprint density at radius 2 is 1.95 bits per heavy atom. The van der Waals surface area contributed by atoms with E-state index >= 15 is 0 Å². The summed E-state index contributed by atoms with van der Waals surface area (Å²) in [5.41, 5.74) is 0.257. The molecule has 0 spiro atoms. The van der Waals surface area contributed by atoms with Crippen molar-refractivity contribution in [2.75, 3.05) is 25.5 Å². The highest BCUT2D eigenvalue weighted by atomic mass is 19.3. The van der Waals surface area contributed by atoms with Gasteiger partial charge in [0.05, 0.1) is 24.1 Å². The van der Waals surface area contributed by atoms with Crippen LogP contribution in [0.5, 0.6) is 5.75 Å². The Morgan fingerprint density at radius 3 is 2.62 bits per heavy atom. The number of carbonyl (C=O) groups excluding carboxylic acids is 2. The molecule has 2 atom stereocenters. The highest BCUT2D eigenvalue weighted by molar-refractivity contribution is 6.05. The number of nitrogens with zero attached hydrogens (tertiary/aromatic N) is 3. The first kappa shape index (κ1) is 29.1. The molecule has 12 heteroatoms. The summed E-state index contributed by atoms with van der Waals surface area (Å²) < 4.78 is 50.8. The number of aliphatic hydroxyl groups is 1. The van der Waals surface area contributed by atoms with E-state index in [0.717, 1.165) is 0 Å². The van der Waals surface area contributed by atoms with Gasteiger partial charge in [-0.2, -0.15) is 13.9 Å². The fourth-order valence-electron chi connectivity index (χ4n) is 4.85. The molecular weight excluding hydrogens is 529 g/mol. The van der Waals surface area contributed by atoms with Crippen LogP contribution < -0.4 is 10.1 Å². The van der Waals surface area contributed by atoms with E-state index in [4.69, 9.17) is 9.47 Å². The minimum absolute atomic E-state index is 0.103. The lowest BCUT2D eigenvalue weighted by molar-refractivity contribution is -0.168. The van der Waals surface area contributed by atoms with Gasteiger partial charge in [0.1, 0.15) is 11.6 Å². The number of hydrogen-bond donors (Lipinski definition) is 2. The van der Waals surface area contributed by atoms with Crippen molar-refractivity contribution < 1.29 is 37.3 Å². The highest BCUT2D eigenvalue weighted by Gasteiger charge is 2.42. The number of halogens is 3. The van der Waals surface area contributed by atoms with Gasteiger partial charge in [0.25, 0.3) is 5.91 Å². The first-order valence-corrected chi connectivity index (χ1v) is 12.7. The number of ether oxygens (including phenoxy) is 2. The fourth-order valence-corrected chi connectivity index (χ4v) is 4.85. The molecule has 2 N–H and O–H groups in total. The van der Waals surface area contributed by atoms with Crippen LogP contribution in [0.25, 0.3) is 5.69 Å². The lowest BCUT2D eigenvalue weighted by Gasteiger charge is -2.39. The van der Waals surface area contributed by atoms with Gasteiger partial charge in [0.2, 0.25) is 0 Å². The number of carbonyl (C=O) groups is 2. The first-order chi connectivity index (χ1) is 19.0. The van der Waals surface area contributed by atoms with Crippen LogP contribution in [0.15, 0.2) is 48.7 Å². The van der Waals surface area contributed by atoms with Crippen LogP contribution >= 0.6 is 0 Å². The molecular formula is C28H31F3N4O5. The van der Waals surface area contributed by atoms with Crippen LogP contribution in [0.3, 0.4) is 0 Å². The topological polar surface area (TPSA) is 106 Å². The molecule has 3 aromatic rings. The maximum Gasteiger partial charge on any atom is 0.387 e. The standard InChI is InChI=1S/C28H31F3N4O5/c1-17-23(16-35(33-17)22-10-7-20(29)8-11-22)25(36)32-21-9-6-18(24(13-21)40-27(30)31)14-34-12-4-5-19(15-34)28(2,38)26(37)39-3/h6-11,13,16,19,27,38H,4-5,12,14-15H2,1-3H3,(H,32,36)/t19-,28-/m0/s1. The zero-order chi connectivity index (χ0) is 29.0. The number of aromatic nitrogens is 2. The monoisotopic (exact) mass is 560 g/mol. The first-order valence-electron chi connectivity index (χ1n) is 12.7. The molecule has 1 aliphatic rings. The van der Waals surface area contributed by atoms with E-state index in [1.807, 2.05) is 4.90 Å². The molecule has 0 aliphatic carbocycles. The Morgan fingerprint density at radius 1 is 1.23 bits per heavy atom. The smallest absolute Gasteiger partial charge is 0.387 e. The molecule has 1 saturated heterocycles. The number of hydrogen-bond acceptors (Lipinski definition) is 7. The number of alkyl halides is 2. The third-order valence-corrected chi connectivity index (χ3v) is 7.07. The molecule has 40 heavy (non-hydrogen) atoms. The average molecular weight is 561 g/mol. The number of piperidine rings is 1. The molecule has 2 aromatic carbocycles. The van der Waals surface area contributed by atoms with Gasteiger partial charge in [-0.15, -0.1) is 0 Å². The van der Waals surface area contributed by atoms with Crippen molar-refractivity contribution in [3.05, 3.63) is 71.3 Å². The molecule has 0 unspecified atom stereocenters. The van der Waals surface area contributed by atoms with Gasteiger partial charge in [0.15, 0.2) is 5.60 Å². The predicted molar refractivity (Wildman–Crippen MR) is 140 cm³/mol. The molecule has 4 rings (SSSR count). The summed E-state index contributed by atoms with van der Waals surface area (Å²) in [5.74, 6) is -2.13. The Kier molecular flexibility index (Phi) is 8.79. The van der Waals surface area contributed by atoms with Crippen LogP contribution in [0.1, 0.15) is 41.4 Å². The van der Waals surface area contributed by atoms with Crippen molar-refractivity contribution in [3.8, 4) is 11.4 Å². The summed E-state index contributed by atoms with van der Waals surface area (Å²) in [7, 11) is 1.21. The van der Waals surface area contributed by atoms with Gasteiger partial charge in [-0.25, -0.2) is 13.9 Å². The van der Waals surface area contributed by atoms with Crippen LogP contribution in [0, 0.1) is 18.7 Å². The second-order valence-corrected chi connectivity index (χ2v) is 9.92. The molecule has 2 heterocycles. The Balaban J connectivity index is 1.50. The van der Waals surface area contributed by atoms with E-state index in [-0.39, 0.29) is 23.5 Å². The number of amides is 1. The third-order valence-electron chi connectivity index (χ3n) is 7.07. The number of rotatable bonds is 9. The van der Waals surface area contributed by atoms with Crippen molar-refractivity contribution in [2.45, 2.75) is 45.4 Å². The van der Waals surface area contributed by atoms with E-state index in [0.29, 0.717) is 42.9 Å². The summed E-state index contributed by atoms with van der Waals surface area (Å²) in [6, 6.07) is 10.1. The number of likely N-dealkylation sites (tertiary alicyclic amines) is 1. The second-order valence-electron chi connectivity index (χ2n) is 9.92. The molecule has 0 radical (unpaired) electrons. The summed E-state index contributed by atoms with van der Waals surface area (Å²) >= 11 is 0. The average Bonchev–Trinajstić information content (AvgIpc) is 3.31. The zero-order valence-corrected chi connectivity index (χ0v) is 22.4. The van der Waals surface area contributed by atoms with Gasteiger partial charge >= 0.3 is 12.6 Å². The van der Waals surface area contributed by atoms with Crippen molar-refractivity contribution in [3.63, 3.8) is 0 Å². The molecule has 9 nitrogen and oxygen atoms in total. The van der Waals surface area contributed by atoms with E-state index in [1.54, 1.807) is 19.1 Å². The van der Waals surface area contributed by atoms with Gasteiger partial charge in [-0.05, 0) is 63.6 Å². The molecule has 1 aromatic heterocycles. The van der Waals surface area contributed by atoms with Crippen LogP contribution in [0.4, 0.5) is 18.9 Å². The summed E-state index contributed by atoms with van der Waals surface area (Å²) in [5, 5.41) is 17.7. The molecule has 0 bridgehead atoms. The summed E-state index contributed by atoms with van der Waals surface area (Å²) in [6.45, 7) is 1.19. The predicted octanol–water partition coefficient (Wildman–Crippen LogP) is 4.31. The van der Waals surface area contributed by atoms with Gasteiger partial charge in [-0.1, -0.05) is 6.07 Å². The normalized spacial score (nSPS) is 17.4. The number of aryl methyl sites for hydroxylation is 1. The van der Waals surface area contributed by atoms with Gasteiger partial charge < -0.3 is 19.9 Å². The maximum atomic E-state index is 13.3. The SMILES string of the molecule is COC(=O)[C@@](C)(O)[C@H]1CCCN(Cc2ccc(NC(=O)c3cn(-c4ccc(F)cc4)nc3C)cc2OC(F)F)C1. The van der Waals surface area contributed by atoms with E-state index in [1.165, 1.54) is 55.2 Å². The summed E-state index contributed by atoms with van der Waals surface area (Å²) in [6.07, 6.45) is 2.81. The number of benzene rings is 2. The lowest BCUT2D eigenvalue weighted by Crippen LogP contribution is -2.50. The fraction of sp³-hybridized carbons (Fsp3) is 0.393. The van der Waals surface area contributed by atoms with Crippen molar-refractivity contribution in [2.24, 2.45) is 5.92 Å². The zero-order valence-electron chi connectivity index (χ0n) is 22.4. The van der Waals surface area contributed by atoms with Crippen LogP contribution in [0.2, 0.25) is 0 Å². The van der Waals surface area contributed by atoms with Crippen LogP contribution in [-0.2, 0) is 16.1 Å². The van der Waals surface area contributed by atoms with Crippen molar-refractivity contribution >= 4 is 17.6 Å². The molecule has 1 amide bonds. The van der Waals surface area contributed by atoms with E-state index < -0.39 is 35.8 Å². The minimum atomic E-state index is -3.09. The summed E-state index contributed by atoms with van der Waals surface area (Å²) in [4.78, 5) is 27.0. The van der Waals surface area contributed by atoms with Gasteiger partial charge in [-0.3, -0.25) is 9.69 Å². The number of nitrogens with one attached hydrogen (secondary N) is 1. The number of anilines is 1. The molecule has 0 saturated carbocycles. The molecule has 1 fully saturated rings. The molecule has 214 valence electrons. The van der Waals surface area contributed by atoms with Crippen LogP contribution in [-0.4, -0.2) is 64.1 Å². The van der Waals surface area contributed by atoms with E-state index in [2.05, 4.69) is 10.4 Å². The third kappa shape index (κ3) is 6.62. The molecule has 1 aliphatic heterocycles. The maximum absolute atomic E-state index is 13.3. The number of methoxy groups -OCH3 is 1. The lowest BCUT2D eigenvalue weighted by atomic mass is 9.82. The Bertz CT molecular complexity index is 1360. The van der Waals surface area contributed by atoms with Gasteiger partial charge in [0, 0.05) is 42.5 Å². The van der Waals surface area contributed by atoms with Crippen molar-refractivity contribution in [1.29, 1.82) is 0 Å². The highest BCUT2D eigenvalue weighted by Crippen LogP contribution is 2.32.